The lowest BCUT2D eigenvalue weighted by Crippen LogP contribution is -2.04. The van der Waals surface area contributed by atoms with Crippen molar-refractivity contribution in [2.75, 3.05) is 0 Å². The lowest BCUT2D eigenvalue weighted by atomic mass is 10.3. The second kappa shape index (κ2) is 6.45. The zero-order chi connectivity index (χ0) is 14.9. The van der Waals surface area contributed by atoms with Crippen LogP contribution in [0.5, 0.6) is 5.75 Å². The van der Waals surface area contributed by atoms with Gasteiger partial charge in [0, 0.05) is 13.1 Å². The average molecular weight is 427 g/mol. The Morgan fingerprint density at radius 1 is 1.40 bits per heavy atom. The van der Waals surface area contributed by atoms with Crippen LogP contribution in [-0.4, -0.2) is 9.78 Å². The minimum absolute atomic E-state index is 0.0548. The molecule has 0 aliphatic carbocycles. The van der Waals surface area contributed by atoms with Crippen molar-refractivity contribution in [3.05, 3.63) is 43.3 Å². The summed E-state index contributed by atoms with van der Waals surface area (Å²) in [6.07, 6.45) is 0.827. The van der Waals surface area contributed by atoms with Crippen molar-refractivity contribution in [1.82, 2.24) is 9.78 Å². The molecule has 0 bridgehead atoms. The zero-order valence-electron chi connectivity index (χ0n) is 10.9. The predicted octanol–water partition coefficient (Wildman–Crippen LogP) is 4.88. The van der Waals surface area contributed by atoms with Crippen molar-refractivity contribution in [1.29, 1.82) is 0 Å². The van der Waals surface area contributed by atoms with Gasteiger partial charge in [-0.15, -0.1) is 0 Å². The molecule has 1 heterocycles. The molecule has 0 radical (unpaired) electrons. The molecule has 0 fully saturated rings. The summed E-state index contributed by atoms with van der Waals surface area (Å²) in [4.78, 5) is 0. The van der Waals surface area contributed by atoms with Gasteiger partial charge in [-0.25, -0.2) is 4.39 Å². The molecular weight excluding hydrogens is 414 g/mol. The highest BCUT2D eigenvalue weighted by atomic mass is 79.9. The minimum Gasteiger partial charge on any atom is -0.486 e. The van der Waals surface area contributed by atoms with Gasteiger partial charge < -0.3 is 4.74 Å². The predicted molar refractivity (Wildman–Crippen MR) is 83.7 cm³/mol. The molecule has 0 aliphatic heterocycles. The fourth-order valence-corrected chi connectivity index (χ4v) is 3.22. The van der Waals surface area contributed by atoms with Gasteiger partial charge in [0.15, 0.2) is 0 Å². The third-order valence-corrected chi connectivity index (χ3v) is 4.67. The SMILES string of the molecule is CCc1nn(C)c(COc2cc(F)c(Cl)cc2Br)c1Br. The highest BCUT2D eigenvalue weighted by Gasteiger charge is 2.14. The summed E-state index contributed by atoms with van der Waals surface area (Å²) in [5, 5.41) is 4.43. The maximum absolute atomic E-state index is 13.4. The Labute approximate surface area is 138 Å². The number of ether oxygens (including phenoxy) is 1. The third-order valence-electron chi connectivity index (χ3n) is 2.84. The van der Waals surface area contributed by atoms with Crippen LogP contribution in [0.4, 0.5) is 4.39 Å². The molecule has 0 atom stereocenters. The molecular formula is C13H12Br2ClFN2O. The summed E-state index contributed by atoms with van der Waals surface area (Å²) in [6, 6.07) is 2.74. The molecule has 2 rings (SSSR count). The molecule has 20 heavy (non-hydrogen) atoms. The molecule has 2 aromatic rings. The van der Waals surface area contributed by atoms with Crippen LogP contribution in [0.2, 0.25) is 5.02 Å². The topological polar surface area (TPSA) is 27.1 Å². The van der Waals surface area contributed by atoms with Crippen LogP contribution in [0, 0.1) is 5.82 Å². The number of hydrogen-bond donors (Lipinski definition) is 0. The summed E-state index contributed by atoms with van der Waals surface area (Å²) in [7, 11) is 1.85. The van der Waals surface area contributed by atoms with Crippen LogP contribution in [-0.2, 0) is 20.1 Å². The Balaban J connectivity index is 2.21. The Hall–Kier alpha value is -0.590. The zero-order valence-corrected chi connectivity index (χ0v) is 14.8. The van der Waals surface area contributed by atoms with E-state index >= 15 is 0 Å². The molecule has 0 amide bonds. The molecule has 108 valence electrons. The molecule has 1 aromatic heterocycles. The number of hydrogen-bond acceptors (Lipinski definition) is 2. The summed E-state index contributed by atoms with van der Waals surface area (Å²) in [6.45, 7) is 2.31. The average Bonchev–Trinajstić information content (AvgIpc) is 2.67. The molecule has 0 saturated carbocycles. The third kappa shape index (κ3) is 3.18. The van der Waals surface area contributed by atoms with E-state index in [4.69, 9.17) is 16.3 Å². The first-order valence-corrected chi connectivity index (χ1v) is 7.88. The van der Waals surface area contributed by atoms with E-state index in [2.05, 4.69) is 37.0 Å². The first-order valence-electron chi connectivity index (χ1n) is 5.91. The summed E-state index contributed by atoms with van der Waals surface area (Å²) < 4.78 is 22.4. The number of rotatable bonds is 4. The Bertz CT molecular complexity index is 646. The quantitative estimate of drug-likeness (QED) is 0.652. The largest absolute Gasteiger partial charge is 0.486 e. The molecule has 0 N–H and O–H groups in total. The van der Waals surface area contributed by atoms with Crippen molar-refractivity contribution in [2.45, 2.75) is 20.0 Å². The van der Waals surface area contributed by atoms with Gasteiger partial charge >= 0.3 is 0 Å². The van der Waals surface area contributed by atoms with Crippen molar-refractivity contribution < 1.29 is 9.13 Å². The van der Waals surface area contributed by atoms with E-state index in [-0.39, 0.29) is 11.6 Å². The summed E-state index contributed by atoms with van der Waals surface area (Å²) in [5.41, 5.74) is 1.86. The van der Waals surface area contributed by atoms with Crippen LogP contribution < -0.4 is 4.74 Å². The van der Waals surface area contributed by atoms with Crippen molar-refractivity contribution in [2.24, 2.45) is 7.05 Å². The number of aromatic nitrogens is 2. The van der Waals surface area contributed by atoms with E-state index in [1.807, 2.05) is 14.0 Å². The first-order chi connectivity index (χ1) is 9.43. The standard InChI is InChI=1S/C13H12Br2ClFN2O/c1-3-10-13(15)11(19(2)18-10)6-20-12-5-9(17)8(16)4-7(12)14/h4-5H,3,6H2,1-2H3. The van der Waals surface area contributed by atoms with Crippen LogP contribution in [0.15, 0.2) is 21.1 Å². The molecule has 0 saturated heterocycles. The maximum atomic E-state index is 13.4. The second-order valence-electron chi connectivity index (χ2n) is 4.17. The summed E-state index contributed by atoms with van der Waals surface area (Å²) >= 11 is 12.5. The van der Waals surface area contributed by atoms with E-state index in [9.17, 15) is 4.39 Å². The van der Waals surface area contributed by atoms with E-state index in [0.717, 1.165) is 22.3 Å². The van der Waals surface area contributed by atoms with Gasteiger partial charge in [-0.3, -0.25) is 4.68 Å². The van der Waals surface area contributed by atoms with Crippen molar-refractivity contribution >= 4 is 43.5 Å². The van der Waals surface area contributed by atoms with Crippen LogP contribution in [0.3, 0.4) is 0 Å². The van der Waals surface area contributed by atoms with Gasteiger partial charge in [-0.1, -0.05) is 18.5 Å². The van der Waals surface area contributed by atoms with Crippen molar-refractivity contribution in [3.63, 3.8) is 0 Å². The molecule has 0 aliphatic rings. The second-order valence-corrected chi connectivity index (χ2v) is 6.22. The van der Waals surface area contributed by atoms with Crippen LogP contribution >= 0.6 is 43.5 Å². The lowest BCUT2D eigenvalue weighted by Gasteiger charge is -2.09. The molecule has 3 nitrogen and oxygen atoms in total. The fourth-order valence-electron chi connectivity index (χ4n) is 1.74. The number of nitrogens with zero attached hydrogens (tertiary/aromatic N) is 2. The van der Waals surface area contributed by atoms with Gasteiger partial charge in [0.1, 0.15) is 18.2 Å². The first kappa shape index (κ1) is 15.8. The highest BCUT2D eigenvalue weighted by Crippen LogP contribution is 2.32. The van der Waals surface area contributed by atoms with E-state index < -0.39 is 5.82 Å². The molecule has 0 unspecified atom stereocenters. The van der Waals surface area contributed by atoms with Gasteiger partial charge in [0.2, 0.25) is 0 Å². The number of benzene rings is 1. The lowest BCUT2D eigenvalue weighted by molar-refractivity contribution is 0.291. The molecule has 7 heteroatoms. The molecule has 0 spiro atoms. The van der Waals surface area contributed by atoms with Crippen molar-refractivity contribution in [3.8, 4) is 5.75 Å². The van der Waals surface area contributed by atoms with Crippen LogP contribution in [0.1, 0.15) is 18.3 Å². The van der Waals surface area contributed by atoms with Gasteiger partial charge in [-0.2, -0.15) is 5.10 Å². The Morgan fingerprint density at radius 2 is 2.10 bits per heavy atom. The molecule has 1 aromatic carbocycles. The van der Waals surface area contributed by atoms with E-state index in [0.29, 0.717) is 10.2 Å². The minimum atomic E-state index is -0.511. The van der Waals surface area contributed by atoms with Gasteiger partial charge in [0.25, 0.3) is 0 Å². The van der Waals surface area contributed by atoms with Gasteiger partial charge in [0.05, 0.1) is 25.4 Å². The highest BCUT2D eigenvalue weighted by molar-refractivity contribution is 9.10. The number of aryl methyl sites for hydroxylation is 2. The van der Waals surface area contributed by atoms with Crippen LogP contribution in [0.25, 0.3) is 0 Å². The smallest absolute Gasteiger partial charge is 0.145 e. The Morgan fingerprint density at radius 3 is 2.70 bits per heavy atom. The van der Waals surface area contributed by atoms with Gasteiger partial charge in [-0.05, 0) is 44.3 Å². The fraction of sp³-hybridized carbons (Fsp3) is 0.308. The van der Waals surface area contributed by atoms with E-state index in [1.165, 1.54) is 12.1 Å². The van der Waals surface area contributed by atoms with E-state index in [1.54, 1.807) is 4.68 Å². The summed E-state index contributed by atoms with van der Waals surface area (Å²) in [5.74, 6) is -0.110. The maximum Gasteiger partial charge on any atom is 0.145 e. The monoisotopic (exact) mass is 424 g/mol. The Kier molecular flexibility index (Phi) is 5.09. The normalized spacial score (nSPS) is 10.9. The number of halogens is 4.